The van der Waals surface area contributed by atoms with Crippen LogP contribution in [0.4, 0.5) is 0 Å². The molecule has 86 valence electrons. The number of nitrogens with zero attached hydrogens (tertiary/aromatic N) is 2. The van der Waals surface area contributed by atoms with Gasteiger partial charge in [-0.25, -0.2) is 4.79 Å². The normalized spacial score (nSPS) is 11.4. The van der Waals surface area contributed by atoms with Crippen molar-refractivity contribution in [2.75, 3.05) is 0 Å². The number of aromatic nitrogens is 3. The highest BCUT2D eigenvalue weighted by molar-refractivity contribution is 6.05. The molecule has 0 spiro atoms. The maximum absolute atomic E-state index is 12.1. The van der Waals surface area contributed by atoms with Gasteiger partial charge in [0, 0.05) is 25.0 Å². The van der Waals surface area contributed by atoms with Crippen LogP contribution >= 0.6 is 0 Å². The number of fused-ring (bicyclic) bond motifs is 3. The van der Waals surface area contributed by atoms with E-state index in [0.717, 1.165) is 15.5 Å². The summed E-state index contributed by atoms with van der Waals surface area (Å²) < 4.78 is 2.58. The molecule has 0 atom stereocenters. The van der Waals surface area contributed by atoms with Crippen molar-refractivity contribution in [3.8, 4) is 0 Å². The fraction of sp³-hybridized carbons (Fsp3) is 0.167. The van der Waals surface area contributed by atoms with Crippen LogP contribution in [0.25, 0.3) is 21.9 Å². The molecule has 0 bridgehead atoms. The Morgan fingerprint density at radius 3 is 2.53 bits per heavy atom. The van der Waals surface area contributed by atoms with E-state index in [0.29, 0.717) is 11.0 Å². The molecule has 1 aromatic carbocycles. The molecule has 5 nitrogen and oxygen atoms in total. The van der Waals surface area contributed by atoms with Gasteiger partial charge < -0.3 is 4.98 Å². The quantitative estimate of drug-likeness (QED) is 0.617. The molecule has 0 saturated carbocycles. The topological polar surface area (TPSA) is 59.8 Å². The lowest BCUT2D eigenvalue weighted by Gasteiger charge is -2.02. The number of para-hydroxylation sites is 1. The summed E-state index contributed by atoms with van der Waals surface area (Å²) in [4.78, 5) is 27.0. The third-order valence-electron chi connectivity index (χ3n) is 3.11. The number of aromatic amines is 1. The Kier molecular flexibility index (Phi) is 1.80. The average Bonchev–Trinajstić information content (AvgIpc) is 2.73. The van der Waals surface area contributed by atoms with E-state index in [-0.39, 0.29) is 11.2 Å². The van der Waals surface area contributed by atoms with Crippen molar-refractivity contribution in [1.29, 1.82) is 0 Å². The van der Waals surface area contributed by atoms with Crippen LogP contribution in [-0.4, -0.2) is 14.1 Å². The van der Waals surface area contributed by atoms with E-state index in [1.165, 1.54) is 11.6 Å². The lowest BCUT2D eigenvalue weighted by Crippen LogP contribution is -2.36. The summed E-state index contributed by atoms with van der Waals surface area (Å²) in [6.45, 7) is 0. The van der Waals surface area contributed by atoms with Crippen LogP contribution < -0.4 is 11.2 Å². The van der Waals surface area contributed by atoms with Crippen molar-refractivity contribution in [2.24, 2.45) is 14.1 Å². The highest BCUT2D eigenvalue weighted by atomic mass is 16.2. The molecule has 3 aromatic rings. The molecule has 0 saturated heterocycles. The minimum Gasteiger partial charge on any atom is -0.340 e. The predicted octanol–water partition coefficient (Wildman–Crippen LogP) is 0.718. The number of aryl methyl sites for hydroxylation is 1. The largest absolute Gasteiger partial charge is 0.340 e. The Labute approximate surface area is 95.9 Å². The zero-order chi connectivity index (χ0) is 12.2. The molecule has 0 aliphatic carbocycles. The lowest BCUT2D eigenvalue weighted by molar-refractivity contribution is 0.710. The number of H-pyrrole nitrogens is 1. The summed E-state index contributed by atoms with van der Waals surface area (Å²) in [6, 6.07) is 7.53. The van der Waals surface area contributed by atoms with E-state index in [4.69, 9.17) is 0 Å². The van der Waals surface area contributed by atoms with Crippen molar-refractivity contribution in [3.63, 3.8) is 0 Å². The number of rotatable bonds is 0. The standard InChI is InChI=1S/C12H11N3O2/c1-14-10-9(11(16)15(2)12(14)17)7-5-3-4-6-8(7)13-10/h3-6,13H,1-2H3. The average molecular weight is 229 g/mol. The van der Waals surface area contributed by atoms with Crippen molar-refractivity contribution in [1.82, 2.24) is 14.1 Å². The zero-order valence-corrected chi connectivity index (χ0v) is 9.52. The Morgan fingerprint density at radius 1 is 1.06 bits per heavy atom. The van der Waals surface area contributed by atoms with E-state index >= 15 is 0 Å². The molecule has 1 N–H and O–H groups in total. The van der Waals surface area contributed by atoms with E-state index in [1.807, 2.05) is 24.3 Å². The predicted molar refractivity (Wildman–Crippen MR) is 66.3 cm³/mol. The van der Waals surface area contributed by atoms with Crippen LogP contribution in [0.3, 0.4) is 0 Å². The third-order valence-corrected chi connectivity index (χ3v) is 3.11. The van der Waals surface area contributed by atoms with Crippen LogP contribution in [0.2, 0.25) is 0 Å². The van der Waals surface area contributed by atoms with E-state index < -0.39 is 0 Å². The zero-order valence-electron chi connectivity index (χ0n) is 9.52. The highest BCUT2D eigenvalue weighted by Gasteiger charge is 2.13. The van der Waals surface area contributed by atoms with Gasteiger partial charge in [0.1, 0.15) is 5.65 Å². The molecule has 17 heavy (non-hydrogen) atoms. The Balaban J connectivity index is 2.77. The summed E-state index contributed by atoms with van der Waals surface area (Å²) in [5, 5.41) is 1.41. The second-order valence-corrected chi connectivity index (χ2v) is 4.10. The Morgan fingerprint density at radius 2 is 1.76 bits per heavy atom. The second-order valence-electron chi connectivity index (χ2n) is 4.10. The van der Waals surface area contributed by atoms with Crippen molar-refractivity contribution >= 4 is 21.9 Å². The summed E-state index contributed by atoms with van der Waals surface area (Å²) >= 11 is 0. The second kappa shape index (κ2) is 3.10. The molecule has 0 fully saturated rings. The molecule has 0 aliphatic heterocycles. The third kappa shape index (κ3) is 1.13. The van der Waals surface area contributed by atoms with Gasteiger partial charge in [-0.3, -0.25) is 13.9 Å². The van der Waals surface area contributed by atoms with Crippen molar-refractivity contribution in [3.05, 3.63) is 45.1 Å². The first-order chi connectivity index (χ1) is 8.11. The lowest BCUT2D eigenvalue weighted by atomic mass is 10.2. The van der Waals surface area contributed by atoms with E-state index in [1.54, 1.807) is 7.05 Å². The van der Waals surface area contributed by atoms with Crippen molar-refractivity contribution < 1.29 is 0 Å². The summed E-state index contributed by atoms with van der Waals surface area (Å²) in [5.74, 6) is 0. The molecule has 2 heterocycles. The summed E-state index contributed by atoms with van der Waals surface area (Å²) in [6.07, 6.45) is 0. The molecule has 0 unspecified atom stereocenters. The smallest absolute Gasteiger partial charge is 0.332 e. The van der Waals surface area contributed by atoms with Gasteiger partial charge in [-0.2, -0.15) is 0 Å². The minimum absolute atomic E-state index is 0.263. The molecule has 5 heteroatoms. The molecule has 0 amide bonds. The molecule has 2 aromatic heterocycles. The Hall–Kier alpha value is -2.30. The SMILES string of the molecule is Cn1c(=O)c2c3ccccc3[nH]c2n(C)c1=O. The van der Waals surface area contributed by atoms with Gasteiger partial charge in [-0.15, -0.1) is 0 Å². The number of nitrogens with one attached hydrogen (secondary N) is 1. The summed E-state index contributed by atoms with van der Waals surface area (Å²) in [7, 11) is 3.14. The molecule has 0 radical (unpaired) electrons. The first-order valence-corrected chi connectivity index (χ1v) is 5.27. The van der Waals surface area contributed by atoms with Gasteiger partial charge in [0.25, 0.3) is 5.56 Å². The van der Waals surface area contributed by atoms with Crippen LogP contribution in [0.1, 0.15) is 0 Å². The van der Waals surface area contributed by atoms with Crippen LogP contribution in [-0.2, 0) is 14.1 Å². The first kappa shape index (κ1) is 9.89. The molecular formula is C12H11N3O2. The van der Waals surface area contributed by atoms with Crippen molar-refractivity contribution in [2.45, 2.75) is 0 Å². The fourth-order valence-corrected chi connectivity index (χ4v) is 2.17. The number of hydrogen-bond donors (Lipinski definition) is 1. The summed E-state index contributed by atoms with van der Waals surface area (Å²) in [5.41, 5.74) is 0.842. The maximum atomic E-state index is 12.1. The van der Waals surface area contributed by atoms with Gasteiger partial charge in [0.05, 0.1) is 5.39 Å². The van der Waals surface area contributed by atoms with Gasteiger partial charge in [0.2, 0.25) is 0 Å². The van der Waals surface area contributed by atoms with Gasteiger partial charge in [-0.1, -0.05) is 18.2 Å². The highest BCUT2D eigenvalue weighted by Crippen LogP contribution is 2.20. The van der Waals surface area contributed by atoms with E-state index in [9.17, 15) is 9.59 Å². The first-order valence-electron chi connectivity index (χ1n) is 5.27. The van der Waals surface area contributed by atoms with Crippen LogP contribution in [0, 0.1) is 0 Å². The molecule has 0 aliphatic rings. The van der Waals surface area contributed by atoms with Crippen LogP contribution in [0.15, 0.2) is 33.9 Å². The number of benzene rings is 1. The number of hydrogen-bond acceptors (Lipinski definition) is 2. The van der Waals surface area contributed by atoms with Gasteiger partial charge in [-0.05, 0) is 6.07 Å². The van der Waals surface area contributed by atoms with Crippen LogP contribution in [0.5, 0.6) is 0 Å². The Bertz CT molecular complexity index is 852. The van der Waals surface area contributed by atoms with E-state index in [2.05, 4.69) is 4.98 Å². The fourth-order valence-electron chi connectivity index (χ4n) is 2.17. The van der Waals surface area contributed by atoms with Gasteiger partial charge in [0.15, 0.2) is 0 Å². The monoisotopic (exact) mass is 229 g/mol. The van der Waals surface area contributed by atoms with Gasteiger partial charge >= 0.3 is 5.69 Å². The maximum Gasteiger partial charge on any atom is 0.332 e. The molecular weight excluding hydrogens is 218 g/mol. The molecule has 3 rings (SSSR count). The minimum atomic E-state index is -0.325.